The van der Waals surface area contributed by atoms with E-state index in [1.807, 2.05) is 30.3 Å². The van der Waals surface area contributed by atoms with Crippen molar-refractivity contribution in [1.29, 1.82) is 0 Å². The van der Waals surface area contributed by atoms with Crippen LogP contribution in [0.1, 0.15) is 0 Å². The second-order valence-corrected chi connectivity index (χ2v) is 5.21. The molecule has 0 radical (unpaired) electrons. The number of aromatic hydroxyl groups is 1. The van der Waals surface area contributed by atoms with E-state index in [4.69, 9.17) is 23.2 Å². The molecule has 3 rings (SSSR count). The monoisotopic (exact) mass is 304 g/mol. The first-order chi connectivity index (χ1) is 9.63. The number of aromatic amines is 1. The SMILES string of the molecule is Oc1ccc(Cl)cc1-c1cc(-c2ccc(Cl)cc2)n[nH]1. The molecule has 5 heteroatoms. The van der Waals surface area contributed by atoms with Crippen molar-refractivity contribution in [2.75, 3.05) is 0 Å². The molecule has 2 N–H and O–H groups in total. The largest absolute Gasteiger partial charge is 0.507 e. The van der Waals surface area contributed by atoms with Gasteiger partial charge in [0.05, 0.1) is 11.4 Å². The van der Waals surface area contributed by atoms with E-state index in [0.29, 0.717) is 21.3 Å². The highest BCUT2D eigenvalue weighted by molar-refractivity contribution is 6.31. The molecule has 0 saturated carbocycles. The van der Waals surface area contributed by atoms with Gasteiger partial charge in [-0.25, -0.2) is 0 Å². The summed E-state index contributed by atoms with van der Waals surface area (Å²) >= 11 is 11.8. The normalized spacial score (nSPS) is 10.7. The van der Waals surface area contributed by atoms with E-state index >= 15 is 0 Å². The van der Waals surface area contributed by atoms with Crippen LogP contribution in [0.4, 0.5) is 0 Å². The second-order valence-electron chi connectivity index (χ2n) is 4.34. The van der Waals surface area contributed by atoms with Crippen LogP contribution in [0.3, 0.4) is 0 Å². The number of hydrogen-bond acceptors (Lipinski definition) is 2. The van der Waals surface area contributed by atoms with Gasteiger partial charge in [0.1, 0.15) is 5.75 Å². The first-order valence-corrected chi connectivity index (χ1v) is 6.69. The van der Waals surface area contributed by atoms with Gasteiger partial charge in [0.2, 0.25) is 0 Å². The molecular weight excluding hydrogens is 295 g/mol. The average Bonchev–Trinajstić information content (AvgIpc) is 2.92. The van der Waals surface area contributed by atoms with Crippen LogP contribution in [0.15, 0.2) is 48.5 Å². The van der Waals surface area contributed by atoms with Crippen molar-refractivity contribution >= 4 is 23.2 Å². The summed E-state index contributed by atoms with van der Waals surface area (Å²) in [6, 6.07) is 14.1. The molecule has 3 nitrogen and oxygen atoms in total. The van der Waals surface area contributed by atoms with E-state index in [1.54, 1.807) is 18.2 Å². The fourth-order valence-corrected chi connectivity index (χ4v) is 2.25. The zero-order valence-corrected chi connectivity index (χ0v) is 11.8. The van der Waals surface area contributed by atoms with E-state index in [2.05, 4.69) is 10.2 Å². The summed E-state index contributed by atoms with van der Waals surface area (Å²) in [6.07, 6.45) is 0. The van der Waals surface area contributed by atoms with E-state index in [0.717, 1.165) is 11.3 Å². The maximum atomic E-state index is 9.88. The lowest BCUT2D eigenvalue weighted by molar-refractivity contribution is 0.477. The number of hydrogen-bond donors (Lipinski definition) is 2. The quantitative estimate of drug-likeness (QED) is 0.717. The van der Waals surface area contributed by atoms with Gasteiger partial charge in [-0.05, 0) is 36.4 Å². The van der Waals surface area contributed by atoms with Gasteiger partial charge in [0, 0.05) is 21.2 Å². The molecule has 0 aliphatic carbocycles. The van der Waals surface area contributed by atoms with Crippen LogP contribution in [0, 0.1) is 0 Å². The van der Waals surface area contributed by atoms with Crippen molar-refractivity contribution in [2.24, 2.45) is 0 Å². The Labute approximate surface area is 125 Å². The van der Waals surface area contributed by atoms with Crippen LogP contribution >= 0.6 is 23.2 Å². The lowest BCUT2D eigenvalue weighted by Crippen LogP contribution is -1.79. The number of rotatable bonds is 2. The summed E-state index contributed by atoms with van der Waals surface area (Å²) < 4.78 is 0. The zero-order chi connectivity index (χ0) is 14.1. The second kappa shape index (κ2) is 5.19. The van der Waals surface area contributed by atoms with E-state index in [1.165, 1.54) is 0 Å². The maximum Gasteiger partial charge on any atom is 0.125 e. The smallest absolute Gasteiger partial charge is 0.125 e. The summed E-state index contributed by atoms with van der Waals surface area (Å²) in [5.74, 6) is 0.153. The number of H-pyrrole nitrogens is 1. The van der Waals surface area contributed by atoms with Crippen LogP contribution < -0.4 is 0 Å². The molecule has 20 heavy (non-hydrogen) atoms. The molecule has 0 spiro atoms. The number of halogens is 2. The third-order valence-corrected chi connectivity index (χ3v) is 3.45. The lowest BCUT2D eigenvalue weighted by atomic mass is 10.1. The van der Waals surface area contributed by atoms with Gasteiger partial charge in [0.25, 0.3) is 0 Å². The molecule has 0 amide bonds. The molecular formula is C15H10Cl2N2O. The molecule has 1 heterocycles. The summed E-state index contributed by atoms with van der Waals surface area (Å²) in [6.45, 7) is 0. The highest BCUT2D eigenvalue weighted by Crippen LogP contribution is 2.32. The van der Waals surface area contributed by atoms with Gasteiger partial charge >= 0.3 is 0 Å². The van der Waals surface area contributed by atoms with Crippen LogP contribution in [0.2, 0.25) is 10.0 Å². The van der Waals surface area contributed by atoms with E-state index < -0.39 is 0 Å². The molecule has 0 aliphatic heterocycles. The van der Waals surface area contributed by atoms with Gasteiger partial charge < -0.3 is 5.11 Å². The van der Waals surface area contributed by atoms with Gasteiger partial charge in [-0.3, -0.25) is 5.10 Å². The van der Waals surface area contributed by atoms with Crippen LogP contribution in [0.25, 0.3) is 22.5 Å². The fourth-order valence-electron chi connectivity index (χ4n) is 1.95. The van der Waals surface area contributed by atoms with Crippen LogP contribution in [-0.2, 0) is 0 Å². The lowest BCUT2D eigenvalue weighted by Gasteiger charge is -2.01. The maximum absolute atomic E-state index is 9.88. The van der Waals surface area contributed by atoms with Crippen molar-refractivity contribution in [1.82, 2.24) is 10.2 Å². The van der Waals surface area contributed by atoms with Crippen molar-refractivity contribution in [2.45, 2.75) is 0 Å². The highest BCUT2D eigenvalue weighted by Gasteiger charge is 2.10. The van der Waals surface area contributed by atoms with Gasteiger partial charge in [-0.15, -0.1) is 0 Å². The Bertz CT molecular complexity index is 751. The Morgan fingerprint density at radius 1 is 0.900 bits per heavy atom. The van der Waals surface area contributed by atoms with Crippen molar-refractivity contribution in [3.05, 3.63) is 58.6 Å². The summed E-state index contributed by atoms with van der Waals surface area (Å²) in [5.41, 5.74) is 3.04. The Morgan fingerprint density at radius 3 is 2.35 bits per heavy atom. The number of benzene rings is 2. The number of nitrogens with zero attached hydrogens (tertiary/aromatic N) is 1. The minimum atomic E-state index is 0.153. The molecule has 100 valence electrons. The molecule has 0 bridgehead atoms. The summed E-state index contributed by atoms with van der Waals surface area (Å²) in [7, 11) is 0. The molecule has 0 unspecified atom stereocenters. The third-order valence-electron chi connectivity index (χ3n) is 2.97. The fraction of sp³-hybridized carbons (Fsp3) is 0. The van der Waals surface area contributed by atoms with E-state index in [-0.39, 0.29) is 5.75 Å². The van der Waals surface area contributed by atoms with Crippen LogP contribution in [0.5, 0.6) is 5.75 Å². The Balaban J connectivity index is 2.01. The third kappa shape index (κ3) is 2.50. The summed E-state index contributed by atoms with van der Waals surface area (Å²) in [5, 5.41) is 18.3. The molecule has 0 saturated heterocycles. The van der Waals surface area contributed by atoms with Gasteiger partial charge in [0.15, 0.2) is 0 Å². The predicted octanol–water partition coefficient (Wildman–Crippen LogP) is 4.76. The summed E-state index contributed by atoms with van der Waals surface area (Å²) in [4.78, 5) is 0. The first kappa shape index (κ1) is 13.0. The number of nitrogens with one attached hydrogen (secondary N) is 1. The minimum absolute atomic E-state index is 0.153. The van der Waals surface area contributed by atoms with Crippen molar-refractivity contribution in [3.63, 3.8) is 0 Å². The van der Waals surface area contributed by atoms with Crippen LogP contribution in [-0.4, -0.2) is 15.3 Å². The topological polar surface area (TPSA) is 48.9 Å². The minimum Gasteiger partial charge on any atom is -0.507 e. The average molecular weight is 305 g/mol. The molecule has 0 fully saturated rings. The highest BCUT2D eigenvalue weighted by atomic mass is 35.5. The van der Waals surface area contributed by atoms with Gasteiger partial charge in [-0.2, -0.15) is 5.10 Å². The molecule has 2 aromatic carbocycles. The van der Waals surface area contributed by atoms with E-state index in [9.17, 15) is 5.11 Å². The molecule has 0 aliphatic rings. The Kier molecular flexibility index (Phi) is 3.38. The van der Waals surface area contributed by atoms with Crippen molar-refractivity contribution < 1.29 is 5.11 Å². The Morgan fingerprint density at radius 2 is 1.60 bits per heavy atom. The molecule has 0 atom stereocenters. The molecule has 3 aromatic rings. The first-order valence-electron chi connectivity index (χ1n) is 5.94. The predicted molar refractivity (Wildman–Crippen MR) is 81.1 cm³/mol. The number of phenolic OH excluding ortho intramolecular Hbond substituents is 1. The molecule has 1 aromatic heterocycles. The van der Waals surface area contributed by atoms with Crippen molar-refractivity contribution in [3.8, 4) is 28.3 Å². The van der Waals surface area contributed by atoms with Gasteiger partial charge in [-0.1, -0.05) is 35.3 Å². The number of aromatic nitrogens is 2. The Hall–Kier alpha value is -1.97. The number of phenols is 1. The standard InChI is InChI=1S/C15H10Cl2N2O/c16-10-3-1-9(2-4-10)13-8-14(19-18-13)12-7-11(17)5-6-15(12)20/h1-8,20H,(H,18,19). The zero-order valence-electron chi connectivity index (χ0n) is 10.3.